The van der Waals surface area contributed by atoms with Gasteiger partial charge in [-0.15, -0.1) is 0 Å². The zero-order valence-corrected chi connectivity index (χ0v) is 18.9. The van der Waals surface area contributed by atoms with Gasteiger partial charge in [-0.1, -0.05) is 25.3 Å². The maximum absolute atomic E-state index is 13.2. The Morgan fingerprint density at radius 3 is 2.56 bits per heavy atom. The van der Waals surface area contributed by atoms with Gasteiger partial charge in [0, 0.05) is 24.6 Å². The fraction of sp³-hybridized carbons (Fsp3) is 0.625. The number of carbonyl (C=O) groups excluding carboxylic acids is 3. The van der Waals surface area contributed by atoms with E-state index in [9.17, 15) is 14.4 Å². The molecular weight excluding hydrogens is 410 g/mol. The van der Waals surface area contributed by atoms with Crippen molar-refractivity contribution in [3.8, 4) is 0 Å². The van der Waals surface area contributed by atoms with Gasteiger partial charge in [0.25, 0.3) is 0 Å². The predicted molar refractivity (Wildman–Crippen MR) is 121 cm³/mol. The number of fused-ring (bicyclic) bond motifs is 2. The van der Waals surface area contributed by atoms with E-state index in [0.717, 1.165) is 43.4 Å². The first-order valence-corrected chi connectivity index (χ1v) is 11.7. The van der Waals surface area contributed by atoms with Gasteiger partial charge in [-0.2, -0.15) is 0 Å². The van der Waals surface area contributed by atoms with Crippen LogP contribution in [0.3, 0.4) is 0 Å². The van der Waals surface area contributed by atoms with Crippen LogP contribution in [0.4, 0.5) is 16.2 Å². The Balaban J connectivity index is 1.50. The molecule has 32 heavy (non-hydrogen) atoms. The second-order valence-electron chi connectivity index (χ2n) is 9.37. The van der Waals surface area contributed by atoms with Crippen molar-refractivity contribution in [2.45, 2.75) is 76.4 Å². The third-order valence-corrected chi connectivity index (χ3v) is 6.85. The van der Waals surface area contributed by atoms with Gasteiger partial charge in [-0.05, 0) is 63.1 Å². The number of alkyl carbamates (subject to hydrolysis) is 1. The van der Waals surface area contributed by atoms with Gasteiger partial charge in [0.2, 0.25) is 11.8 Å². The molecule has 8 nitrogen and oxygen atoms in total. The SMILES string of the molecule is CC(C)OC(=O)N[C@H](C(=O)Nc1ccc2c(c1)NC(=O)C21CCOCC1)C1CCCCC1. The Morgan fingerprint density at radius 2 is 1.88 bits per heavy atom. The summed E-state index contributed by atoms with van der Waals surface area (Å²) in [6.45, 7) is 4.68. The van der Waals surface area contributed by atoms with Crippen LogP contribution < -0.4 is 16.0 Å². The summed E-state index contributed by atoms with van der Waals surface area (Å²) in [5.41, 5.74) is 1.75. The number of ether oxygens (including phenoxy) is 2. The minimum Gasteiger partial charge on any atom is -0.447 e. The smallest absolute Gasteiger partial charge is 0.408 e. The monoisotopic (exact) mass is 443 g/mol. The van der Waals surface area contributed by atoms with Crippen molar-refractivity contribution in [2.24, 2.45) is 5.92 Å². The topological polar surface area (TPSA) is 106 Å². The Bertz CT molecular complexity index is 872. The molecule has 0 bridgehead atoms. The van der Waals surface area contributed by atoms with Gasteiger partial charge in [0.15, 0.2) is 0 Å². The molecule has 4 rings (SSSR count). The number of anilines is 2. The summed E-state index contributed by atoms with van der Waals surface area (Å²) in [5, 5.41) is 8.72. The average molecular weight is 444 g/mol. The van der Waals surface area contributed by atoms with Crippen LogP contribution in [0, 0.1) is 5.92 Å². The summed E-state index contributed by atoms with van der Waals surface area (Å²) in [5.74, 6) is -0.191. The molecule has 2 fully saturated rings. The molecule has 1 aromatic rings. The minimum absolute atomic E-state index is 0.00236. The van der Waals surface area contributed by atoms with Gasteiger partial charge in [0.1, 0.15) is 6.04 Å². The van der Waals surface area contributed by atoms with E-state index in [1.165, 1.54) is 0 Å². The molecule has 2 heterocycles. The number of benzene rings is 1. The largest absolute Gasteiger partial charge is 0.447 e. The van der Waals surface area contributed by atoms with Crippen molar-refractivity contribution in [3.05, 3.63) is 23.8 Å². The lowest BCUT2D eigenvalue weighted by atomic mass is 9.75. The lowest BCUT2D eigenvalue weighted by molar-refractivity contribution is -0.124. The molecule has 3 aliphatic rings. The highest BCUT2D eigenvalue weighted by Crippen LogP contribution is 2.45. The van der Waals surface area contributed by atoms with Gasteiger partial charge in [-0.3, -0.25) is 9.59 Å². The van der Waals surface area contributed by atoms with Crippen LogP contribution in [0.5, 0.6) is 0 Å². The summed E-state index contributed by atoms with van der Waals surface area (Å²) < 4.78 is 10.7. The summed E-state index contributed by atoms with van der Waals surface area (Å²) >= 11 is 0. The molecule has 1 spiro atoms. The standard InChI is InChI=1S/C24H33N3O5/c1-15(2)32-23(30)27-20(16-6-4-3-5-7-16)21(28)25-17-8-9-18-19(14-17)26-22(29)24(18)10-12-31-13-11-24/h8-9,14-16,20H,3-7,10-13H2,1-2H3,(H,25,28)(H,26,29)(H,27,30)/t20-/m0/s1. The molecule has 3 N–H and O–H groups in total. The van der Waals surface area contributed by atoms with Crippen LogP contribution in [-0.2, 0) is 24.5 Å². The number of carbonyl (C=O) groups is 3. The Morgan fingerprint density at radius 1 is 1.16 bits per heavy atom. The van der Waals surface area contributed by atoms with Crippen LogP contribution >= 0.6 is 0 Å². The third-order valence-electron chi connectivity index (χ3n) is 6.85. The van der Waals surface area contributed by atoms with Crippen LogP contribution in [0.25, 0.3) is 0 Å². The molecule has 0 unspecified atom stereocenters. The zero-order valence-electron chi connectivity index (χ0n) is 18.9. The van der Waals surface area contributed by atoms with Crippen LogP contribution in [0.15, 0.2) is 18.2 Å². The van der Waals surface area contributed by atoms with Gasteiger partial charge in [-0.25, -0.2) is 4.79 Å². The van der Waals surface area contributed by atoms with E-state index in [0.29, 0.717) is 31.7 Å². The predicted octanol–water partition coefficient (Wildman–Crippen LogP) is 3.71. The molecule has 0 aromatic heterocycles. The first-order chi connectivity index (χ1) is 15.4. The third kappa shape index (κ3) is 4.60. The van der Waals surface area contributed by atoms with E-state index in [1.54, 1.807) is 19.9 Å². The van der Waals surface area contributed by atoms with Gasteiger partial charge < -0.3 is 25.4 Å². The number of amides is 3. The highest BCUT2D eigenvalue weighted by atomic mass is 16.6. The van der Waals surface area contributed by atoms with Crippen molar-refractivity contribution >= 4 is 29.3 Å². The van der Waals surface area contributed by atoms with Crippen molar-refractivity contribution in [1.29, 1.82) is 0 Å². The number of hydrogen-bond acceptors (Lipinski definition) is 5. The molecule has 1 saturated heterocycles. The molecule has 1 aliphatic carbocycles. The van der Waals surface area contributed by atoms with E-state index in [-0.39, 0.29) is 23.8 Å². The van der Waals surface area contributed by atoms with Crippen molar-refractivity contribution < 1.29 is 23.9 Å². The lowest BCUT2D eigenvalue weighted by Gasteiger charge is -2.31. The van der Waals surface area contributed by atoms with Gasteiger partial charge in [0.05, 0.1) is 11.5 Å². The van der Waals surface area contributed by atoms with E-state index < -0.39 is 17.6 Å². The molecule has 1 aromatic carbocycles. The summed E-state index contributed by atoms with van der Waals surface area (Å²) in [6, 6.07) is 4.90. The molecule has 1 atom stereocenters. The van der Waals surface area contributed by atoms with Gasteiger partial charge >= 0.3 is 6.09 Å². The summed E-state index contributed by atoms with van der Waals surface area (Å²) in [4.78, 5) is 38.2. The van der Waals surface area contributed by atoms with Crippen molar-refractivity contribution in [3.63, 3.8) is 0 Å². The van der Waals surface area contributed by atoms with Crippen LogP contribution in [0.1, 0.15) is 64.4 Å². The van der Waals surface area contributed by atoms with E-state index >= 15 is 0 Å². The Hall–Kier alpha value is -2.61. The second-order valence-corrected chi connectivity index (χ2v) is 9.37. The Labute approximate surface area is 188 Å². The number of hydrogen-bond donors (Lipinski definition) is 3. The minimum atomic E-state index is -0.661. The molecular formula is C24H33N3O5. The van der Waals surface area contributed by atoms with Crippen LogP contribution in [-0.4, -0.2) is 43.3 Å². The summed E-state index contributed by atoms with van der Waals surface area (Å²) in [7, 11) is 0. The lowest BCUT2D eigenvalue weighted by Crippen LogP contribution is -2.49. The molecule has 0 radical (unpaired) electrons. The average Bonchev–Trinajstić information content (AvgIpc) is 3.03. The van der Waals surface area contributed by atoms with E-state index in [1.807, 2.05) is 12.1 Å². The fourth-order valence-electron chi connectivity index (χ4n) is 5.18. The van der Waals surface area contributed by atoms with Crippen LogP contribution in [0.2, 0.25) is 0 Å². The van der Waals surface area contributed by atoms with E-state index in [4.69, 9.17) is 9.47 Å². The van der Waals surface area contributed by atoms with Crippen molar-refractivity contribution in [2.75, 3.05) is 23.8 Å². The zero-order chi connectivity index (χ0) is 22.7. The molecule has 174 valence electrons. The molecule has 8 heteroatoms. The fourth-order valence-corrected chi connectivity index (χ4v) is 5.18. The van der Waals surface area contributed by atoms with Crippen molar-refractivity contribution in [1.82, 2.24) is 5.32 Å². The Kier molecular flexibility index (Phi) is 6.69. The normalized spacial score (nSPS) is 21.0. The maximum atomic E-state index is 13.2. The first kappa shape index (κ1) is 22.6. The number of rotatable bonds is 5. The van der Waals surface area contributed by atoms with E-state index in [2.05, 4.69) is 16.0 Å². The molecule has 1 saturated carbocycles. The summed E-state index contributed by atoms with van der Waals surface area (Å²) in [6.07, 6.45) is 5.51. The quantitative estimate of drug-likeness (QED) is 0.643. The maximum Gasteiger partial charge on any atom is 0.408 e. The first-order valence-electron chi connectivity index (χ1n) is 11.7. The molecule has 3 amide bonds. The highest BCUT2D eigenvalue weighted by molar-refractivity contribution is 6.07. The molecule has 2 aliphatic heterocycles. The number of nitrogens with one attached hydrogen (secondary N) is 3. The second kappa shape index (κ2) is 9.48. The highest BCUT2D eigenvalue weighted by Gasteiger charge is 2.47.